The van der Waals surface area contributed by atoms with Crippen molar-refractivity contribution in [1.82, 2.24) is 0 Å². The number of methoxy groups -OCH3 is 2. The lowest BCUT2D eigenvalue weighted by Gasteiger charge is -2.30. The van der Waals surface area contributed by atoms with Gasteiger partial charge in [0.25, 0.3) is 0 Å². The van der Waals surface area contributed by atoms with E-state index in [9.17, 15) is 0 Å². The van der Waals surface area contributed by atoms with Gasteiger partial charge < -0.3 is 14.8 Å². The zero-order valence-corrected chi connectivity index (χ0v) is 13.2. The van der Waals surface area contributed by atoms with Crippen molar-refractivity contribution in [2.24, 2.45) is 5.92 Å². The van der Waals surface area contributed by atoms with Crippen LogP contribution in [0.3, 0.4) is 0 Å². The van der Waals surface area contributed by atoms with Crippen molar-refractivity contribution in [3.05, 3.63) is 17.7 Å². The third-order valence-corrected chi connectivity index (χ3v) is 4.51. The van der Waals surface area contributed by atoms with Crippen LogP contribution in [0, 0.1) is 12.8 Å². The molecular formula is C17H27NO2. The molecular weight excluding hydrogens is 250 g/mol. The molecule has 0 saturated heterocycles. The molecule has 0 radical (unpaired) electrons. The monoisotopic (exact) mass is 277 g/mol. The summed E-state index contributed by atoms with van der Waals surface area (Å²) in [5.41, 5.74) is 2.38. The molecule has 0 aliphatic heterocycles. The molecule has 0 bridgehead atoms. The van der Waals surface area contributed by atoms with Gasteiger partial charge in [-0.15, -0.1) is 0 Å². The van der Waals surface area contributed by atoms with E-state index in [4.69, 9.17) is 9.47 Å². The van der Waals surface area contributed by atoms with E-state index in [1.165, 1.54) is 43.4 Å². The number of rotatable bonds is 5. The Morgan fingerprint density at radius 2 is 1.65 bits per heavy atom. The van der Waals surface area contributed by atoms with Gasteiger partial charge in [-0.3, -0.25) is 0 Å². The van der Waals surface area contributed by atoms with Gasteiger partial charge in [-0.05, 0) is 50.2 Å². The summed E-state index contributed by atoms with van der Waals surface area (Å²) in [5, 5.41) is 3.68. The number of nitrogens with one attached hydrogen (secondary N) is 1. The molecule has 0 spiro atoms. The van der Waals surface area contributed by atoms with Gasteiger partial charge in [0.15, 0.2) is 11.5 Å². The number of ether oxygens (including phenoxy) is 2. The maximum atomic E-state index is 5.39. The van der Waals surface area contributed by atoms with Crippen LogP contribution in [0.15, 0.2) is 12.1 Å². The van der Waals surface area contributed by atoms with Crippen LogP contribution in [0.25, 0.3) is 0 Å². The van der Waals surface area contributed by atoms with Crippen molar-refractivity contribution < 1.29 is 9.47 Å². The molecule has 1 aromatic rings. The first kappa shape index (κ1) is 15.0. The lowest BCUT2D eigenvalue weighted by Crippen LogP contribution is -2.26. The molecule has 1 aliphatic carbocycles. The van der Waals surface area contributed by atoms with E-state index in [0.717, 1.165) is 17.4 Å². The molecule has 0 unspecified atom stereocenters. The summed E-state index contributed by atoms with van der Waals surface area (Å²) in [6.07, 6.45) is 6.56. The lowest BCUT2D eigenvalue weighted by molar-refractivity contribution is 0.330. The lowest BCUT2D eigenvalue weighted by atomic mass is 9.84. The number of anilines is 1. The Hall–Kier alpha value is -1.38. The quantitative estimate of drug-likeness (QED) is 0.865. The van der Waals surface area contributed by atoms with E-state index in [0.29, 0.717) is 6.04 Å². The smallest absolute Gasteiger partial charge is 0.162 e. The van der Waals surface area contributed by atoms with Gasteiger partial charge in [0.1, 0.15) is 0 Å². The number of hydrogen-bond acceptors (Lipinski definition) is 3. The largest absolute Gasteiger partial charge is 0.493 e. The van der Waals surface area contributed by atoms with Gasteiger partial charge in [0, 0.05) is 17.8 Å². The normalized spacial score (nSPS) is 22.4. The number of hydrogen-bond donors (Lipinski definition) is 1. The molecule has 1 fully saturated rings. The molecule has 1 N–H and O–H groups in total. The fraction of sp³-hybridized carbons (Fsp3) is 0.647. The van der Waals surface area contributed by atoms with E-state index in [2.05, 4.69) is 25.2 Å². The van der Waals surface area contributed by atoms with Crippen LogP contribution in [0.1, 0.15) is 44.6 Å². The Bertz CT molecular complexity index is 437. The van der Waals surface area contributed by atoms with E-state index in [1.54, 1.807) is 14.2 Å². The highest BCUT2D eigenvalue weighted by atomic mass is 16.5. The van der Waals surface area contributed by atoms with Gasteiger partial charge in [-0.1, -0.05) is 13.3 Å². The minimum atomic E-state index is 0.592. The predicted molar refractivity (Wildman–Crippen MR) is 83.9 cm³/mol. The van der Waals surface area contributed by atoms with Crippen molar-refractivity contribution >= 4 is 5.69 Å². The molecule has 20 heavy (non-hydrogen) atoms. The highest BCUT2D eigenvalue weighted by molar-refractivity contribution is 5.60. The zero-order chi connectivity index (χ0) is 14.5. The first-order valence-electron chi connectivity index (χ1n) is 7.67. The van der Waals surface area contributed by atoms with Gasteiger partial charge in [-0.25, -0.2) is 0 Å². The Kier molecular flexibility index (Phi) is 5.16. The summed E-state index contributed by atoms with van der Waals surface area (Å²) in [5.74, 6) is 2.52. The standard InChI is InChI=1S/C17H27NO2/c1-5-13-6-8-14(9-7-13)18-15-11-17(20-4)16(19-3)10-12(15)2/h10-11,13-14,18H,5-9H2,1-4H3. The van der Waals surface area contributed by atoms with E-state index in [1.807, 2.05) is 6.07 Å². The van der Waals surface area contributed by atoms with Gasteiger partial charge in [-0.2, -0.15) is 0 Å². The van der Waals surface area contributed by atoms with Crippen molar-refractivity contribution in [2.75, 3.05) is 19.5 Å². The first-order valence-corrected chi connectivity index (χ1v) is 7.67. The molecule has 3 nitrogen and oxygen atoms in total. The second-order valence-corrected chi connectivity index (χ2v) is 5.79. The third-order valence-electron chi connectivity index (χ3n) is 4.51. The summed E-state index contributed by atoms with van der Waals surface area (Å²) in [6.45, 7) is 4.42. The summed E-state index contributed by atoms with van der Waals surface area (Å²) in [7, 11) is 3.36. The van der Waals surface area contributed by atoms with Gasteiger partial charge in [0.2, 0.25) is 0 Å². The van der Waals surface area contributed by atoms with E-state index in [-0.39, 0.29) is 0 Å². The highest BCUT2D eigenvalue weighted by Crippen LogP contribution is 2.35. The Labute approximate surface area is 122 Å². The summed E-state index contributed by atoms with van der Waals surface area (Å²) < 4.78 is 10.7. The summed E-state index contributed by atoms with van der Waals surface area (Å²) >= 11 is 0. The second kappa shape index (κ2) is 6.87. The van der Waals surface area contributed by atoms with Crippen LogP contribution in [0.5, 0.6) is 11.5 Å². The molecule has 0 heterocycles. The van der Waals surface area contributed by atoms with Crippen molar-refractivity contribution in [3.63, 3.8) is 0 Å². The Morgan fingerprint density at radius 1 is 1.05 bits per heavy atom. The van der Waals surface area contributed by atoms with E-state index < -0.39 is 0 Å². The van der Waals surface area contributed by atoms with Crippen LogP contribution in [-0.4, -0.2) is 20.3 Å². The molecule has 0 amide bonds. The van der Waals surface area contributed by atoms with Crippen molar-refractivity contribution in [1.29, 1.82) is 0 Å². The van der Waals surface area contributed by atoms with E-state index >= 15 is 0 Å². The number of aryl methyl sites for hydroxylation is 1. The fourth-order valence-corrected chi connectivity index (χ4v) is 3.07. The number of benzene rings is 1. The van der Waals surface area contributed by atoms with Crippen LogP contribution in [-0.2, 0) is 0 Å². The average Bonchev–Trinajstić information content (AvgIpc) is 2.49. The van der Waals surface area contributed by atoms with Crippen molar-refractivity contribution in [3.8, 4) is 11.5 Å². The van der Waals surface area contributed by atoms with Crippen LogP contribution in [0.4, 0.5) is 5.69 Å². The summed E-state index contributed by atoms with van der Waals surface area (Å²) in [4.78, 5) is 0. The molecule has 1 aliphatic rings. The molecule has 2 rings (SSSR count). The van der Waals surface area contributed by atoms with Crippen molar-refractivity contribution in [2.45, 2.75) is 52.0 Å². The Balaban J connectivity index is 2.06. The zero-order valence-electron chi connectivity index (χ0n) is 13.2. The molecule has 1 aromatic carbocycles. The molecule has 0 atom stereocenters. The van der Waals surface area contributed by atoms with Gasteiger partial charge >= 0.3 is 0 Å². The summed E-state index contributed by atoms with van der Waals surface area (Å²) in [6, 6.07) is 4.69. The fourth-order valence-electron chi connectivity index (χ4n) is 3.07. The highest BCUT2D eigenvalue weighted by Gasteiger charge is 2.20. The average molecular weight is 277 g/mol. The van der Waals surface area contributed by atoms with Crippen LogP contribution < -0.4 is 14.8 Å². The molecule has 0 aromatic heterocycles. The first-order chi connectivity index (χ1) is 9.67. The third kappa shape index (κ3) is 3.38. The predicted octanol–water partition coefficient (Wildman–Crippen LogP) is 4.39. The second-order valence-electron chi connectivity index (χ2n) is 5.79. The Morgan fingerprint density at radius 3 is 2.20 bits per heavy atom. The van der Waals surface area contributed by atoms with Crippen LogP contribution in [0.2, 0.25) is 0 Å². The minimum Gasteiger partial charge on any atom is -0.493 e. The SMILES string of the molecule is CCC1CCC(Nc2cc(OC)c(OC)cc2C)CC1. The minimum absolute atomic E-state index is 0.592. The van der Waals surface area contributed by atoms with Crippen LogP contribution >= 0.6 is 0 Å². The molecule has 3 heteroatoms. The maximum absolute atomic E-state index is 5.39. The topological polar surface area (TPSA) is 30.5 Å². The molecule has 1 saturated carbocycles. The molecule has 112 valence electrons. The van der Waals surface area contributed by atoms with Gasteiger partial charge in [0.05, 0.1) is 14.2 Å². The maximum Gasteiger partial charge on any atom is 0.162 e.